The van der Waals surface area contributed by atoms with Gasteiger partial charge in [-0.1, -0.05) is 0 Å². The summed E-state index contributed by atoms with van der Waals surface area (Å²) in [4.78, 5) is 24.5. The SMILES string of the molecule is C[N+]1(C)C2CCC1CC(OC(=O)CCCC(=O)OC1CC3CCC(C1)[N+]3(C)C)C2.[Br-].[Br-]. The molecule has 4 fully saturated rings. The molecule has 0 spiro atoms. The molecular weight excluding hydrogens is 528 g/mol. The molecule has 0 amide bonds. The lowest BCUT2D eigenvalue weighted by atomic mass is 9.97. The van der Waals surface area contributed by atoms with Gasteiger partial charge in [-0.15, -0.1) is 0 Å². The summed E-state index contributed by atoms with van der Waals surface area (Å²) < 4.78 is 13.7. The van der Waals surface area contributed by atoms with Crippen LogP contribution in [0.1, 0.15) is 70.6 Å². The summed E-state index contributed by atoms with van der Waals surface area (Å²) in [5, 5.41) is 0. The zero-order valence-corrected chi connectivity index (χ0v) is 22.7. The molecule has 31 heavy (non-hydrogen) atoms. The summed E-state index contributed by atoms with van der Waals surface area (Å²) in [5.41, 5.74) is 0. The van der Waals surface area contributed by atoms with Crippen molar-refractivity contribution in [2.75, 3.05) is 28.2 Å². The van der Waals surface area contributed by atoms with Crippen molar-refractivity contribution < 1.29 is 62.0 Å². The second kappa shape index (κ2) is 10.4. The number of carbonyl (C=O) groups is 2. The van der Waals surface area contributed by atoms with E-state index in [9.17, 15) is 9.59 Å². The monoisotopic (exact) mass is 566 g/mol. The van der Waals surface area contributed by atoms with Gasteiger partial charge in [-0.25, -0.2) is 0 Å². The fourth-order valence-corrected chi connectivity index (χ4v) is 6.72. The summed E-state index contributed by atoms with van der Waals surface area (Å²) in [6.45, 7) is 0. The van der Waals surface area contributed by atoms with E-state index in [1.807, 2.05) is 0 Å². The van der Waals surface area contributed by atoms with Crippen molar-refractivity contribution in [3.63, 3.8) is 0 Å². The molecule has 4 saturated heterocycles. The molecule has 4 atom stereocenters. The molecule has 4 aliphatic heterocycles. The van der Waals surface area contributed by atoms with Crippen molar-refractivity contribution in [2.24, 2.45) is 0 Å². The van der Waals surface area contributed by atoms with Crippen molar-refractivity contribution in [2.45, 2.75) is 107 Å². The van der Waals surface area contributed by atoms with Gasteiger partial charge in [0.2, 0.25) is 0 Å². The topological polar surface area (TPSA) is 52.6 Å². The highest BCUT2D eigenvalue weighted by Crippen LogP contribution is 2.41. The molecule has 8 heteroatoms. The third kappa shape index (κ3) is 5.67. The van der Waals surface area contributed by atoms with Crippen LogP contribution in [0, 0.1) is 0 Å². The van der Waals surface area contributed by atoms with Gasteiger partial charge in [0.05, 0.1) is 52.4 Å². The number of halogens is 2. The fourth-order valence-electron chi connectivity index (χ4n) is 6.72. The van der Waals surface area contributed by atoms with E-state index in [2.05, 4.69) is 28.2 Å². The summed E-state index contributed by atoms with van der Waals surface area (Å²) in [6.07, 6.45) is 10.2. The van der Waals surface area contributed by atoms with Crippen LogP contribution in [0.4, 0.5) is 0 Å². The first-order valence-electron chi connectivity index (χ1n) is 11.7. The van der Waals surface area contributed by atoms with Gasteiger partial charge in [-0.3, -0.25) is 9.59 Å². The minimum absolute atomic E-state index is 0. The van der Waals surface area contributed by atoms with Gasteiger partial charge in [-0.2, -0.15) is 0 Å². The standard InChI is InChI=1S/C23H40N2O4.2BrH/c1-24(2)16-8-9-17(24)13-20(12-16)28-22(26)6-5-7-23(27)29-21-14-18-10-11-19(15-21)25(18,3)4;;/h16-21H,5-15H2,1-4H3;2*1H/q+2;;/p-2. The lowest BCUT2D eigenvalue weighted by Crippen LogP contribution is -3.00. The van der Waals surface area contributed by atoms with E-state index in [-0.39, 0.29) is 58.1 Å². The molecule has 4 bridgehead atoms. The van der Waals surface area contributed by atoms with E-state index < -0.39 is 0 Å². The van der Waals surface area contributed by atoms with Gasteiger partial charge in [0.25, 0.3) is 0 Å². The van der Waals surface area contributed by atoms with Crippen LogP contribution in [0.5, 0.6) is 0 Å². The number of hydrogen-bond donors (Lipinski definition) is 0. The van der Waals surface area contributed by atoms with Gasteiger partial charge < -0.3 is 52.4 Å². The van der Waals surface area contributed by atoms with Gasteiger partial charge >= 0.3 is 11.9 Å². The summed E-state index contributed by atoms with van der Waals surface area (Å²) in [6, 6.07) is 2.48. The number of nitrogens with zero attached hydrogens (tertiary/aromatic N) is 2. The van der Waals surface area contributed by atoms with E-state index >= 15 is 0 Å². The molecule has 4 aliphatic rings. The maximum Gasteiger partial charge on any atom is 0.306 e. The van der Waals surface area contributed by atoms with Crippen LogP contribution in [0.3, 0.4) is 0 Å². The van der Waals surface area contributed by atoms with Crippen LogP contribution >= 0.6 is 0 Å². The summed E-state index contributed by atoms with van der Waals surface area (Å²) in [7, 11) is 9.24. The van der Waals surface area contributed by atoms with Gasteiger partial charge in [0, 0.05) is 64.2 Å². The molecule has 0 radical (unpaired) electrons. The maximum absolute atomic E-state index is 12.3. The Hall–Kier alpha value is -0.180. The van der Waals surface area contributed by atoms with E-state index in [4.69, 9.17) is 9.47 Å². The quantitative estimate of drug-likeness (QED) is 0.250. The third-order valence-electron chi connectivity index (χ3n) is 8.93. The molecule has 4 rings (SSSR count). The molecule has 0 aromatic rings. The Bertz CT molecular complexity index is 571. The Morgan fingerprint density at radius 3 is 1.23 bits per heavy atom. The molecule has 6 nitrogen and oxygen atoms in total. The highest BCUT2D eigenvalue weighted by Gasteiger charge is 2.51. The van der Waals surface area contributed by atoms with Crippen molar-refractivity contribution in [3.05, 3.63) is 0 Å². The lowest BCUT2D eigenvalue weighted by molar-refractivity contribution is -0.931. The molecule has 0 saturated carbocycles. The van der Waals surface area contributed by atoms with Crippen molar-refractivity contribution in [1.29, 1.82) is 0 Å². The van der Waals surface area contributed by atoms with Crippen LogP contribution in [-0.4, -0.2) is 85.5 Å². The zero-order chi connectivity index (χ0) is 20.8. The van der Waals surface area contributed by atoms with Gasteiger partial charge in [0.1, 0.15) is 12.2 Å². The number of fused-ring (bicyclic) bond motifs is 4. The molecule has 0 aromatic heterocycles. The average molecular weight is 568 g/mol. The van der Waals surface area contributed by atoms with Crippen LogP contribution < -0.4 is 34.0 Å². The summed E-state index contributed by atoms with van der Waals surface area (Å²) in [5.74, 6) is -0.298. The number of quaternary nitrogens is 2. The Balaban J connectivity index is 0.00000171. The minimum Gasteiger partial charge on any atom is -1.00 e. The average Bonchev–Trinajstić information content (AvgIpc) is 2.92. The number of carbonyl (C=O) groups excluding carboxylic acids is 2. The Morgan fingerprint density at radius 1 is 0.645 bits per heavy atom. The van der Waals surface area contributed by atoms with E-state index in [0.29, 0.717) is 43.4 Å². The third-order valence-corrected chi connectivity index (χ3v) is 8.93. The fraction of sp³-hybridized carbons (Fsp3) is 0.913. The van der Waals surface area contributed by atoms with Crippen molar-refractivity contribution in [1.82, 2.24) is 0 Å². The molecular formula is C23H40Br2N2O4. The van der Waals surface area contributed by atoms with E-state index in [1.165, 1.54) is 25.7 Å². The molecule has 4 unspecified atom stereocenters. The van der Waals surface area contributed by atoms with E-state index in [1.54, 1.807) is 0 Å². The highest BCUT2D eigenvalue weighted by molar-refractivity contribution is 5.72. The molecule has 0 N–H and O–H groups in total. The second-order valence-corrected chi connectivity index (χ2v) is 11.0. The first-order chi connectivity index (χ1) is 13.7. The largest absolute Gasteiger partial charge is 1.00 e. The Labute approximate surface area is 208 Å². The highest BCUT2D eigenvalue weighted by atomic mass is 79.9. The van der Waals surface area contributed by atoms with Crippen LogP contribution in [-0.2, 0) is 19.1 Å². The molecule has 180 valence electrons. The predicted octanol–water partition coefficient (Wildman–Crippen LogP) is -3.21. The number of ether oxygens (including phenoxy) is 2. The number of rotatable bonds is 6. The summed E-state index contributed by atoms with van der Waals surface area (Å²) >= 11 is 0. The van der Waals surface area contributed by atoms with Crippen LogP contribution in [0.2, 0.25) is 0 Å². The van der Waals surface area contributed by atoms with Crippen molar-refractivity contribution >= 4 is 11.9 Å². The Morgan fingerprint density at radius 2 is 0.935 bits per heavy atom. The minimum atomic E-state index is -0.149. The van der Waals surface area contributed by atoms with Crippen LogP contribution in [0.15, 0.2) is 0 Å². The number of piperidine rings is 2. The number of hydrogen-bond acceptors (Lipinski definition) is 4. The van der Waals surface area contributed by atoms with Crippen molar-refractivity contribution in [3.8, 4) is 0 Å². The smallest absolute Gasteiger partial charge is 0.306 e. The van der Waals surface area contributed by atoms with Gasteiger partial charge in [0.15, 0.2) is 0 Å². The van der Waals surface area contributed by atoms with Gasteiger partial charge in [-0.05, 0) is 6.42 Å². The first-order valence-corrected chi connectivity index (χ1v) is 11.7. The second-order valence-electron chi connectivity index (χ2n) is 11.0. The first kappa shape index (κ1) is 27.1. The molecule has 0 aliphatic carbocycles. The van der Waals surface area contributed by atoms with E-state index in [0.717, 1.165) is 34.6 Å². The zero-order valence-electron chi connectivity index (χ0n) is 19.5. The molecule has 4 heterocycles. The van der Waals surface area contributed by atoms with Crippen LogP contribution in [0.25, 0.3) is 0 Å². The Kier molecular flexibility index (Phi) is 9.07. The predicted molar refractivity (Wildman–Crippen MR) is 110 cm³/mol. The number of esters is 2. The lowest BCUT2D eigenvalue weighted by Gasteiger charge is -2.43. The normalized spacial score (nSPS) is 36.6. The maximum atomic E-state index is 12.3. The molecule has 0 aromatic carbocycles.